The van der Waals surface area contributed by atoms with Crippen molar-refractivity contribution in [2.24, 2.45) is 0 Å². The van der Waals surface area contributed by atoms with E-state index in [9.17, 15) is 4.79 Å². The van der Waals surface area contributed by atoms with Crippen molar-refractivity contribution in [3.8, 4) is 0 Å². The summed E-state index contributed by atoms with van der Waals surface area (Å²) in [7, 11) is 0. The van der Waals surface area contributed by atoms with Crippen LogP contribution in [-0.4, -0.2) is 17.1 Å². The largest absolute Gasteiger partial charge is 0.480 e. The molecule has 1 unspecified atom stereocenters. The Balaban J connectivity index is 2.43. The first kappa shape index (κ1) is 12.5. The molecule has 0 spiro atoms. The van der Waals surface area contributed by atoms with Crippen LogP contribution >= 0.6 is 22.9 Å². The molecule has 1 heterocycles. The first-order valence-corrected chi connectivity index (χ1v) is 6.08. The topological polar surface area (TPSA) is 49.3 Å². The zero-order valence-electron chi connectivity index (χ0n) is 8.50. The summed E-state index contributed by atoms with van der Waals surface area (Å²) in [4.78, 5) is 11.9. The van der Waals surface area contributed by atoms with E-state index in [1.54, 1.807) is 0 Å². The number of rotatable bonds is 6. The van der Waals surface area contributed by atoms with Crippen LogP contribution in [0, 0.1) is 0 Å². The molecule has 0 amide bonds. The molecule has 1 rings (SSSR count). The minimum absolute atomic E-state index is 0.462. The molecule has 0 aliphatic carbocycles. The molecule has 1 atom stereocenters. The van der Waals surface area contributed by atoms with E-state index >= 15 is 0 Å². The quantitative estimate of drug-likeness (QED) is 0.813. The Morgan fingerprint density at radius 3 is 2.93 bits per heavy atom. The van der Waals surface area contributed by atoms with Crippen LogP contribution in [0.5, 0.6) is 0 Å². The van der Waals surface area contributed by atoms with Crippen LogP contribution in [0.1, 0.15) is 24.6 Å². The molecule has 5 heteroatoms. The predicted octanol–water partition coefficient (Wildman–Crippen LogP) is 2.74. The molecule has 15 heavy (non-hydrogen) atoms. The normalized spacial score (nSPS) is 12.7. The SMILES string of the molecule is CCCC(NCc1cc(Cl)cs1)C(=O)O. The highest BCUT2D eigenvalue weighted by atomic mass is 35.5. The number of carboxylic acids is 1. The smallest absolute Gasteiger partial charge is 0.320 e. The van der Waals surface area contributed by atoms with Gasteiger partial charge < -0.3 is 5.11 Å². The summed E-state index contributed by atoms with van der Waals surface area (Å²) in [6.45, 7) is 2.54. The molecule has 0 saturated carbocycles. The number of aliphatic carboxylic acids is 1. The molecule has 0 aliphatic heterocycles. The van der Waals surface area contributed by atoms with Gasteiger partial charge in [-0.1, -0.05) is 24.9 Å². The van der Waals surface area contributed by atoms with Gasteiger partial charge in [-0.25, -0.2) is 0 Å². The minimum Gasteiger partial charge on any atom is -0.480 e. The number of carbonyl (C=O) groups is 1. The summed E-state index contributed by atoms with van der Waals surface area (Å²) in [6.07, 6.45) is 1.50. The molecule has 0 bridgehead atoms. The van der Waals surface area contributed by atoms with Crippen molar-refractivity contribution >= 4 is 28.9 Å². The lowest BCUT2D eigenvalue weighted by Gasteiger charge is -2.12. The summed E-state index contributed by atoms with van der Waals surface area (Å²) in [5.74, 6) is -0.792. The van der Waals surface area contributed by atoms with Gasteiger partial charge in [0.05, 0.1) is 5.02 Å². The van der Waals surface area contributed by atoms with Crippen LogP contribution in [0.25, 0.3) is 0 Å². The highest BCUT2D eigenvalue weighted by Crippen LogP contribution is 2.18. The Morgan fingerprint density at radius 2 is 2.47 bits per heavy atom. The lowest BCUT2D eigenvalue weighted by molar-refractivity contribution is -0.139. The molecule has 0 saturated heterocycles. The molecule has 1 aromatic rings. The van der Waals surface area contributed by atoms with E-state index in [-0.39, 0.29) is 0 Å². The summed E-state index contributed by atoms with van der Waals surface area (Å²) in [5, 5.41) is 14.5. The van der Waals surface area contributed by atoms with Crippen LogP contribution in [0.4, 0.5) is 0 Å². The number of hydrogen-bond acceptors (Lipinski definition) is 3. The zero-order valence-corrected chi connectivity index (χ0v) is 10.1. The van der Waals surface area contributed by atoms with Gasteiger partial charge in [0.25, 0.3) is 0 Å². The van der Waals surface area contributed by atoms with Crippen LogP contribution in [-0.2, 0) is 11.3 Å². The maximum absolute atomic E-state index is 10.8. The van der Waals surface area contributed by atoms with E-state index < -0.39 is 12.0 Å². The van der Waals surface area contributed by atoms with Crippen molar-refractivity contribution in [3.05, 3.63) is 21.3 Å². The van der Waals surface area contributed by atoms with Crippen molar-refractivity contribution in [1.29, 1.82) is 0 Å². The molecule has 0 radical (unpaired) electrons. The average Bonchev–Trinajstić information content (AvgIpc) is 2.58. The molecular formula is C10H14ClNO2S. The maximum Gasteiger partial charge on any atom is 0.320 e. The van der Waals surface area contributed by atoms with E-state index in [0.29, 0.717) is 18.0 Å². The van der Waals surface area contributed by atoms with Gasteiger partial charge in [0, 0.05) is 16.8 Å². The number of nitrogens with one attached hydrogen (secondary N) is 1. The van der Waals surface area contributed by atoms with Gasteiger partial charge in [-0.05, 0) is 12.5 Å². The van der Waals surface area contributed by atoms with Crippen molar-refractivity contribution < 1.29 is 9.90 Å². The van der Waals surface area contributed by atoms with E-state index in [1.807, 2.05) is 18.4 Å². The fourth-order valence-corrected chi connectivity index (χ4v) is 2.30. The molecular weight excluding hydrogens is 234 g/mol. The standard InChI is InChI=1S/C10H14ClNO2S/c1-2-3-9(10(13)14)12-5-8-4-7(11)6-15-8/h4,6,9,12H,2-3,5H2,1H3,(H,13,14). The summed E-state index contributed by atoms with van der Waals surface area (Å²) in [6, 6.07) is 1.39. The Kier molecular flexibility index (Phi) is 5.08. The molecule has 0 fully saturated rings. The van der Waals surface area contributed by atoms with Crippen molar-refractivity contribution in [3.63, 3.8) is 0 Å². The van der Waals surface area contributed by atoms with Gasteiger partial charge in [0.2, 0.25) is 0 Å². The average molecular weight is 248 g/mol. The molecule has 3 nitrogen and oxygen atoms in total. The highest BCUT2D eigenvalue weighted by Gasteiger charge is 2.15. The lowest BCUT2D eigenvalue weighted by atomic mass is 10.1. The number of thiophene rings is 1. The van der Waals surface area contributed by atoms with Crippen LogP contribution < -0.4 is 5.32 Å². The van der Waals surface area contributed by atoms with E-state index in [4.69, 9.17) is 16.7 Å². The van der Waals surface area contributed by atoms with Crippen LogP contribution in [0.15, 0.2) is 11.4 Å². The summed E-state index contributed by atoms with van der Waals surface area (Å²) >= 11 is 7.30. The fourth-order valence-electron chi connectivity index (χ4n) is 1.27. The Bertz CT molecular complexity index is 327. The van der Waals surface area contributed by atoms with E-state index in [1.165, 1.54) is 11.3 Å². The van der Waals surface area contributed by atoms with Crippen LogP contribution in [0.2, 0.25) is 5.02 Å². The second kappa shape index (κ2) is 6.10. The van der Waals surface area contributed by atoms with Gasteiger partial charge in [-0.15, -0.1) is 11.3 Å². The van der Waals surface area contributed by atoms with E-state index in [2.05, 4.69) is 5.32 Å². The molecule has 0 aliphatic rings. The Labute approximate surface area is 98.1 Å². The second-order valence-corrected chi connectivity index (χ2v) is 4.72. The van der Waals surface area contributed by atoms with Gasteiger partial charge >= 0.3 is 5.97 Å². The predicted molar refractivity (Wildman–Crippen MR) is 62.5 cm³/mol. The van der Waals surface area contributed by atoms with Gasteiger partial charge in [0.1, 0.15) is 6.04 Å². The third-order valence-electron chi connectivity index (χ3n) is 2.02. The van der Waals surface area contributed by atoms with Crippen molar-refractivity contribution in [2.75, 3.05) is 0 Å². The van der Waals surface area contributed by atoms with E-state index in [0.717, 1.165) is 11.3 Å². The summed E-state index contributed by atoms with van der Waals surface area (Å²) in [5.41, 5.74) is 0. The third kappa shape index (κ3) is 4.20. The second-order valence-electron chi connectivity index (χ2n) is 3.29. The monoisotopic (exact) mass is 247 g/mol. The lowest BCUT2D eigenvalue weighted by Crippen LogP contribution is -2.35. The number of carboxylic acid groups (broad SMARTS) is 1. The number of halogens is 1. The Hall–Kier alpha value is -0.580. The minimum atomic E-state index is -0.792. The first-order chi connectivity index (χ1) is 7.13. The van der Waals surface area contributed by atoms with Gasteiger partial charge in [-0.3, -0.25) is 10.1 Å². The number of hydrogen-bond donors (Lipinski definition) is 2. The molecule has 2 N–H and O–H groups in total. The van der Waals surface area contributed by atoms with Gasteiger partial charge in [-0.2, -0.15) is 0 Å². The summed E-state index contributed by atoms with van der Waals surface area (Å²) < 4.78 is 0. The zero-order chi connectivity index (χ0) is 11.3. The third-order valence-corrected chi connectivity index (χ3v) is 3.30. The molecule has 1 aromatic heterocycles. The first-order valence-electron chi connectivity index (χ1n) is 4.82. The van der Waals surface area contributed by atoms with Gasteiger partial charge in [0.15, 0.2) is 0 Å². The Morgan fingerprint density at radius 1 is 1.73 bits per heavy atom. The van der Waals surface area contributed by atoms with Crippen LogP contribution in [0.3, 0.4) is 0 Å². The molecule has 84 valence electrons. The van der Waals surface area contributed by atoms with Crippen molar-refractivity contribution in [1.82, 2.24) is 5.32 Å². The fraction of sp³-hybridized carbons (Fsp3) is 0.500. The maximum atomic E-state index is 10.8. The van der Waals surface area contributed by atoms with Crippen molar-refractivity contribution in [2.45, 2.75) is 32.4 Å². The highest BCUT2D eigenvalue weighted by molar-refractivity contribution is 7.10. The molecule has 0 aromatic carbocycles.